The van der Waals surface area contributed by atoms with E-state index in [9.17, 15) is 19.5 Å². The summed E-state index contributed by atoms with van der Waals surface area (Å²) in [5, 5.41) is 11.5. The molecule has 2 heterocycles. The summed E-state index contributed by atoms with van der Waals surface area (Å²) in [6.45, 7) is 4.23. The van der Waals surface area contributed by atoms with E-state index in [0.717, 1.165) is 0 Å². The fourth-order valence-electron chi connectivity index (χ4n) is 4.16. The van der Waals surface area contributed by atoms with Gasteiger partial charge in [-0.3, -0.25) is 24.3 Å². The number of aromatic nitrogens is 1. The van der Waals surface area contributed by atoms with Crippen molar-refractivity contribution in [3.63, 3.8) is 0 Å². The van der Waals surface area contributed by atoms with Crippen molar-refractivity contribution in [2.45, 2.75) is 26.3 Å². The number of nitrogens with zero attached hydrogens (tertiary/aromatic N) is 2. The smallest absolute Gasteiger partial charge is 0.310 e. The van der Waals surface area contributed by atoms with Gasteiger partial charge in [0.2, 0.25) is 0 Å². The molecule has 1 unspecified atom stereocenters. The number of carbonyl (C=O) groups is 3. The van der Waals surface area contributed by atoms with Crippen LogP contribution in [0.15, 0.2) is 72.4 Å². The van der Waals surface area contributed by atoms with Crippen molar-refractivity contribution < 1.29 is 29.0 Å². The summed E-state index contributed by atoms with van der Waals surface area (Å²) < 4.78 is 10.5. The lowest BCUT2D eigenvalue weighted by Crippen LogP contribution is -2.29. The number of anilines is 1. The van der Waals surface area contributed by atoms with E-state index >= 15 is 0 Å². The first kappa shape index (κ1) is 25.9. The second-order valence-corrected chi connectivity index (χ2v) is 8.55. The number of amides is 1. The first-order valence-electron chi connectivity index (χ1n) is 11.7. The van der Waals surface area contributed by atoms with Crippen LogP contribution in [0.3, 0.4) is 0 Å². The van der Waals surface area contributed by atoms with Gasteiger partial charge in [-0.05, 0) is 61.9 Å². The number of benzene rings is 2. The quantitative estimate of drug-likeness (QED) is 0.195. The van der Waals surface area contributed by atoms with Gasteiger partial charge < -0.3 is 14.6 Å². The van der Waals surface area contributed by atoms with Crippen LogP contribution in [0, 0.1) is 0 Å². The second kappa shape index (κ2) is 11.3. The Labute approximate surface area is 219 Å². The predicted molar refractivity (Wildman–Crippen MR) is 138 cm³/mol. The van der Waals surface area contributed by atoms with Crippen LogP contribution in [0.1, 0.15) is 36.7 Å². The molecule has 2 aromatic carbocycles. The zero-order valence-corrected chi connectivity index (χ0v) is 21.1. The SMILES string of the molecule is CCOC(=O)Cc1ccc(N2C(=O)C(=O)/C(=C(/O)c3cc(OCC)ccc3Cl)C2c2ccccn2)cc1. The van der Waals surface area contributed by atoms with E-state index < -0.39 is 23.5 Å². The normalized spacial score (nSPS) is 16.6. The van der Waals surface area contributed by atoms with E-state index in [1.807, 2.05) is 6.92 Å². The number of hydrogen-bond acceptors (Lipinski definition) is 7. The maximum absolute atomic E-state index is 13.3. The van der Waals surface area contributed by atoms with E-state index in [1.54, 1.807) is 67.7 Å². The highest BCUT2D eigenvalue weighted by molar-refractivity contribution is 6.52. The fourth-order valence-corrected chi connectivity index (χ4v) is 4.36. The molecule has 0 aliphatic carbocycles. The summed E-state index contributed by atoms with van der Waals surface area (Å²) >= 11 is 6.37. The third-order valence-electron chi connectivity index (χ3n) is 5.78. The van der Waals surface area contributed by atoms with Crippen LogP contribution in [-0.2, 0) is 25.5 Å². The lowest BCUT2D eigenvalue weighted by molar-refractivity contribution is -0.142. The molecule has 1 amide bonds. The van der Waals surface area contributed by atoms with Gasteiger partial charge in [-0.1, -0.05) is 29.8 Å². The average Bonchev–Trinajstić information content (AvgIpc) is 3.16. The summed E-state index contributed by atoms with van der Waals surface area (Å²) in [5.74, 6) is -2.04. The van der Waals surface area contributed by atoms with Gasteiger partial charge in [0.25, 0.3) is 11.7 Å². The van der Waals surface area contributed by atoms with E-state index in [2.05, 4.69) is 4.98 Å². The van der Waals surface area contributed by atoms with Gasteiger partial charge in [0.1, 0.15) is 17.6 Å². The molecule has 1 aliphatic rings. The van der Waals surface area contributed by atoms with E-state index in [0.29, 0.717) is 29.3 Å². The molecule has 37 heavy (non-hydrogen) atoms. The molecule has 190 valence electrons. The number of pyridine rings is 1. The van der Waals surface area contributed by atoms with Crippen LogP contribution in [0.4, 0.5) is 5.69 Å². The van der Waals surface area contributed by atoms with Crippen molar-refractivity contribution in [3.8, 4) is 5.75 Å². The summed E-state index contributed by atoms with van der Waals surface area (Å²) in [6.07, 6.45) is 1.62. The lowest BCUT2D eigenvalue weighted by Gasteiger charge is -2.25. The molecule has 1 N–H and O–H groups in total. The Morgan fingerprint density at radius 3 is 2.46 bits per heavy atom. The summed E-state index contributed by atoms with van der Waals surface area (Å²) in [7, 11) is 0. The van der Waals surface area contributed by atoms with Crippen LogP contribution in [0.25, 0.3) is 5.76 Å². The third kappa shape index (κ3) is 5.34. The topological polar surface area (TPSA) is 106 Å². The average molecular weight is 521 g/mol. The minimum Gasteiger partial charge on any atom is -0.507 e. The second-order valence-electron chi connectivity index (χ2n) is 8.15. The number of ether oxygens (including phenoxy) is 2. The number of hydrogen-bond donors (Lipinski definition) is 1. The van der Waals surface area contributed by atoms with Crippen molar-refractivity contribution in [2.75, 3.05) is 18.1 Å². The number of esters is 1. The van der Waals surface area contributed by atoms with Crippen molar-refractivity contribution in [3.05, 3.63) is 94.3 Å². The van der Waals surface area contributed by atoms with Gasteiger partial charge in [0.15, 0.2) is 0 Å². The van der Waals surface area contributed by atoms with Crippen LogP contribution in [-0.4, -0.2) is 41.0 Å². The van der Waals surface area contributed by atoms with Gasteiger partial charge in [0, 0.05) is 17.4 Å². The molecule has 3 aromatic rings. The molecule has 0 radical (unpaired) electrons. The maximum Gasteiger partial charge on any atom is 0.310 e. The monoisotopic (exact) mass is 520 g/mol. The summed E-state index contributed by atoms with van der Waals surface area (Å²) in [6, 6.07) is 15.5. The summed E-state index contributed by atoms with van der Waals surface area (Å²) in [5.41, 5.74) is 1.49. The molecular weight excluding hydrogens is 496 g/mol. The number of Topliss-reactive ketones (excluding diaryl/α,β-unsaturated/α-hetero) is 1. The minimum absolute atomic E-state index is 0.0747. The zero-order chi connectivity index (χ0) is 26.5. The molecule has 8 nitrogen and oxygen atoms in total. The first-order chi connectivity index (χ1) is 17.8. The largest absolute Gasteiger partial charge is 0.507 e. The fraction of sp³-hybridized carbons (Fsp3) is 0.214. The van der Waals surface area contributed by atoms with E-state index in [1.165, 1.54) is 11.0 Å². The standard InChI is InChI=1S/C28H25ClN2O6/c1-3-36-19-12-13-21(29)20(16-19)26(33)24-25(22-7-5-6-14-30-22)31(28(35)27(24)34)18-10-8-17(9-11-18)15-23(32)37-4-2/h5-14,16,25,33H,3-4,15H2,1-2H3/b26-24+. The van der Waals surface area contributed by atoms with Crippen molar-refractivity contribution in [2.24, 2.45) is 0 Å². The molecule has 1 aliphatic heterocycles. The molecule has 1 saturated heterocycles. The van der Waals surface area contributed by atoms with Crippen molar-refractivity contribution >= 4 is 40.7 Å². The molecule has 0 spiro atoms. The molecule has 1 fully saturated rings. The zero-order valence-electron chi connectivity index (χ0n) is 20.3. The van der Waals surface area contributed by atoms with Gasteiger partial charge in [-0.15, -0.1) is 0 Å². The number of aliphatic hydroxyl groups is 1. The number of carbonyl (C=O) groups excluding carboxylic acids is 3. The molecule has 0 saturated carbocycles. The Bertz CT molecular complexity index is 1350. The van der Waals surface area contributed by atoms with Crippen LogP contribution >= 0.6 is 11.6 Å². The molecule has 4 rings (SSSR count). The molecule has 1 atom stereocenters. The Hall–Kier alpha value is -4.17. The number of aliphatic hydroxyl groups excluding tert-OH is 1. The van der Waals surface area contributed by atoms with Gasteiger partial charge in [-0.25, -0.2) is 0 Å². The van der Waals surface area contributed by atoms with Crippen LogP contribution in [0.2, 0.25) is 5.02 Å². The molecule has 0 bridgehead atoms. The third-order valence-corrected chi connectivity index (χ3v) is 6.11. The highest BCUT2D eigenvalue weighted by atomic mass is 35.5. The first-order valence-corrected chi connectivity index (χ1v) is 12.1. The molecule has 9 heteroatoms. The Kier molecular flexibility index (Phi) is 7.89. The van der Waals surface area contributed by atoms with E-state index in [-0.39, 0.29) is 35.2 Å². The maximum atomic E-state index is 13.3. The number of ketones is 1. The van der Waals surface area contributed by atoms with Crippen LogP contribution in [0.5, 0.6) is 5.75 Å². The van der Waals surface area contributed by atoms with Crippen molar-refractivity contribution in [1.29, 1.82) is 0 Å². The highest BCUT2D eigenvalue weighted by Gasteiger charge is 2.47. The predicted octanol–water partition coefficient (Wildman–Crippen LogP) is 4.87. The lowest BCUT2D eigenvalue weighted by atomic mass is 9.98. The van der Waals surface area contributed by atoms with Crippen molar-refractivity contribution in [1.82, 2.24) is 4.98 Å². The number of rotatable bonds is 8. The number of halogens is 1. The van der Waals surface area contributed by atoms with Crippen LogP contribution < -0.4 is 9.64 Å². The summed E-state index contributed by atoms with van der Waals surface area (Å²) in [4.78, 5) is 44.1. The van der Waals surface area contributed by atoms with Gasteiger partial charge in [0.05, 0.1) is 35.9 Å². The Morgan fingerprint density at radius 1 is 1.05 bits per heavy atom. The minimum atomic E-state index is -1.01. The van der Waals surface area contributed by atoms with Gasteiger partial charge in [-0.2, -0.15) is 0 Å². The van der Waals surface area contributed by atoms with Gasteiger partial charge >= 0.3 is 5.97 Å². The Balaban J connectivity index is 1.82. The molecule has 1 aromatic heterocycles. The Morgan fingerprint density at radius 2 is 1.81 bits per heavy atom. The highest BCUT2D eigenvalue weighted by Crippen LogP contribution is 2.42. The molecular formula is C28H25ClN2O6. The van der Waals surface area contributed by atoms with E-state index in [4.69, 9.17) is 21.1 Å².